The normalized spacial score (nSPS) is 11.1. The number of fused-ring (bicyclic) bond motifs is 1. The number of rotatable bonds is 7. The lowest BCUT2D eigenvalue weighted by molar-refractivity contribution is 0.0963. The van der Waals surface area contributed by atoms with Crippen molar-refractivity contribution in [3.05, 3.63) is 58.9 Å². The molecule has 0 spiro atoms. The Morgan fingerprint density at radius 2 is 2.18 bits per heavy atom. The average Bonchev–Trinajstić information content (AvgIpc) is 3.27. The number of nitrogens with zero attached hydrogens (tertiary/aromatic N) is 3. The van der Waals surface area contributed by atoms with Crippen LogP contribution in [0.25, 0.3) is 4.96 Å². The van der Waals surface area contributed by atoms with Crippen LogP contribution in [0.2, 0.25) is 0 Å². The quantitative estimate of drug-likeness (QED) is 0.258. The van der Waals surface area contributed by atoms with E-state index in [4.69, 9.17) is 0 Å². The van der Waals surface area contributed by atoms with Crippen molar-refractivity contribution in [1.82, 2.24) is 25.3 Å². The maximum Gasteiger partial charge on any atom is 0.251 e. The molecule has 2 aromatic heterocycles. The first-order valence-electron chi connectivity index (χ1n) is 8.94. The number of hydrogen-bond donors (Lipinski definition) is 3. The number of aromatic nitrogens is 2. The third kappa shape index (κ3) is 5.93. The zero-order valence-electron chi connectivity index (χ0n) is 15.9. The van der Waals surface area contributed by atoms with Gasteiger partial charge in [0.2, 0.25) is 0 Å². The van der Waals surface area contributed by atoms with E-state index in [0.29, 0.717) is 12.1 Å². The standard InChI is InChI=1S/C19H24N6OS.HI/c1-3-21-18(23-12-16-13-25-9-10-27-19(25)24-16)22-8-7-14-5-4-6-15(11-14)17(26)20-2;/h4-6,9-11,13H,3,7-8,12H2,1-2H3,(H,20,26)(H2,21,22,23);1H. The predicted molar refractivity (Wildman–Crippen MR) is 125 cm³/mol. The molecule has 3 rings (SSSR count). The Morgan fingerprint density at radius 3 is 2.93 bits per heavy atom. The molecule has 0 saturated carbocycles. The van der Waals surface area contributed by atoms with Crippen molar-refractivity contribution in [2.24, 2.45) is 4.99 Å². The van der Waals surface area contributed by atoms with Gasteiger partial charge in [-0.05, 0) is 31.0 Å². The molecule has 1 amide bonds. The summed E-state index contributed by atoms with van der Waals surface area (Å²) in [7, 11) is 1.64. The highest BCUT2D eigenvalue weighted by Gasteiger charge is 2.05. The van der Waals surface area contributed by atoms with Gasteiger partial charge >= 0.3 is 0 Å². The molecule has 2 heterocycles. The van der Waals surface area contributed by atoms with E-state index in [0.717, 1.165) is 41.7 Å². The third-order valence-corrected chi connectivity index (χ3v) is 4.78. The van der Waals surface area contributed by atoms with Gasteiger partial charge in [-0.1, -0.05) is 12.1 Å². The molecule has 0 radical (unpaired) electrons. The van der Waals surface area contributed by atoms with Crippen LogP contribution in [0.5, 0.6) is 0 Å². The molecule has 7 nitrogen and oxygen atoms in total. The van der Waals surface area contributed by atoms with Crippen LogP contribution in [-0.2, 0) is 13.0 Å². The van der Waals surface area contributed by atoms with Gasteiger partial charge in [0.25, 0.3) is 5.91 Å². The van der Waals surface area contributed by atoms with Crippen LogP contribution in [0.15, 0.2) is 47.0 Å². The van der Waals surface area contributed by atoms with Crippen molar-refractivity contribution in [2.75, 3.05) is 20.1 Å². The van der Waals surface area contributed by atoms with Gasteiger partial charge in [-0.2, -0.15) is 0 Å². The number of hydrogen-bond acceptors (Lipinski definition) is 4. The highest BCUT2D eigenvalue weighted by Crippen LogP contribution is 2.11. The number of guanidine groups is 1. The van der Waals surface area contributed by atoms with E-state index in [1.807, 2.05) is 53.4 Å². The third-order valence-electron chi connectivity index (χ3n) is 4.01. The lowest BCUT2D eigenvalue weighted by atomic mass is 10.1. The molecule has 3 aromatic rings. The molecular formula is C19H25IN6OS. The molecular weight excluding hydrogens is 487 g/mol. The molecule has 0 saturated heterocycles. The number of halogens is 1. The second kappa shape index (κ2) is 11.0. The lowest BCUT2D eigenvalue weighted by Gasteiger charge is -2.11. The Hall–Kier alpha value is -2.14. The van der Waals surface area contributed by atoms with Crippen LogP contribution < -0.4 is 16.0 Å². The zero-order valence-corrected chi connectivity index (χ0v) is 19.1. The van der Waals surface area contributed by atoms with Gasteiger partial charge in [0.05, 0.1) is 12.2 Å². The first-order valence-corrected chi connectivity index (χ1v) is 9.82. The largest absolute Gasteiger partial charge is 0.357 e. The topological polar surface area (TPSA) is 82.8 Å². The van der Waals surface area contributed by atoms with Crippen LogP contribution in [0, 0.1) is 0 Å². The van der Waals surface area contributed by atoms with Crippen LogP contribution in [0.3, 0.4) is 0 Å². The first kappa shape index (κ1) is 22.2. The summed E-state index contributed by atoms with van der Waals surface area (Å²) in [5.74, 6) is 0.691. The fraction of sp³-hybridized carbons (Fsp3) is 0.316. The number of amides is 1. The molecule has 150 valence electrons. The minimum atomic E-state index is -0.0697. The number of imidazole rings is 1. The summed E-state index contributed by atoms with van der Waals surface area (Å²) in [4.78, 5) is 21.9. The molecule has 9 heteroatoms. The molecule has 0 bridgehead atoms. The van der Waals surface area contributed by atoms with Gasteiger partial charge in [-0.15, -0.1) is 35.3 Å². The fourth-order valence-electron chi connectivity index (χ4n) is 2.69. The van der Waals surface area contributed by atoms with Gasteiger partial charge in [-0.25, -0.2) is 9.98 Å². The van der Waals surface area contributed by atoms with Crippen molar-refractivity contribution in [3.63, 3.8) is 0 Å². The summed E-state index contributed by atoms with van der Waals surface area (Å²) in [6, 6.07) is 7.67. The van der Waals surface area contributed by atoms with Crippen LogP contribution in [-0.4, -0.2) is 41.4 Å². The van der Waals surface area contributed by atoms with E-state index in [-0.39, 0.29) is 29.9 Å². The number of carbonyl (C=O) groups excluding carboxylic acids is 1. The van der Waals surface area contributed by atoms with Crippen molar-refractivity contribution in [1.29, 1.82) is 0 Å². The maximum atomic E-state index is 11.7. The SMILES string of the molecule is CCNC(=NCc1cn2ccsc2n1)NCCc1cccc(C(=O)NC)c1.I. The Bertz CT molecular complexity index is 907. The molecule has 0 atom stereocenters. The number of aliphatic imine (C=N–C) groups is 1. The molecule has 0 aliphatic heterocycles. The highest BCUT2D eigenvalue weighted by atomic mass is 127. The van der Waals surface area contributed by atoms with Crippen LogP contribution in [0.4, 0.5) is 0 Å². The maximum absolute atomic E-state index is 11.7. The summed E-state index contributed by atoms with van der Waals surface area (Å²) >= 11 is 1.61. The zero-order chi connectivity index (χ0) is 19.1. The van der Waals surface area contributed by atoms with E-state index in [1.165, 1.54) is 0 Å². The summed E-state index contributed by atoms with van der Waals surface area (Å²) in [6.07, 6.45) is 4.80. The van der Waals surface area contributed by atoms with Crippen molar-refractivity contribution < 1.29 is 4.79 Å². The van der Waals surface area contributed by atoms with Crippen LogP contribution in [0.1, 0.15) is 28.5 Å². The van der Waals surface area contributed by atoms with Crippen molar-refractivity contribution >= 4 is 52.1 Å². The Morgan fingerprint density at radius 1 is 1.32 bits per heavy atom. The van der Waals surface area contributed by atoms with Gasteiger partial charge in [0.1, 0.15) is 0 Å². The predicted octanol–water partition coefficient (Wildman–Crippen LogP) is 2.67. The molecule has 0 fully saturated rings. The molecule has 0 unspecified atom stereocenters. The first-order chi connectivity index (χ1) is 13.2. The number of carbonyl (C=O) groups is 1. The van der Waals surface area contributed by atoms with E-state index in [9.17, 15) is 4.79 Å². The van der Waals surface area contributed by atoms with E-state index < -0.39 is 0 Å². The average molecular weight is 512 g/mol. The van der Waals surface area contributed by atoms with E-state index in [2.05, 4.69) is 25.9 Å². The highest BCUT2D eigenvalue weighted by molar-refractivity contribution is 14.0. The second-order valence-electron chi connectivity index (χ2n) is 5.98. The monoisotopic (exact) mass is 512 g/mol. The number of benzene rings is 1. The Labute approximate surface area is 185 Å². The molecule has 1 aromatic carbocycles. The molecule has 0 aliphatic carbocycles. The summed E-state index contributed by atoms with van der Waals surface area (Å²) < 4.78 is 2.01. The minimum absolute atomic E-state index is 0. The van der Waals surface area contributed by atoms with Crippen molar-refractivity contribution in [2.45, 2.75) is 19.9 Å². The van der Waals surface area contributed by atoms with Gasteiger partial charge in [0, 0.05) is 43.5 Å². The number of nitrogens with one attached hydrogen (secondary N) is 3. The van der Waals surface area contributed by atoms with Gasteiger partial charge in [0.15, 0.2) is 10.9 Å². The summed E-state index contributed by atoms with van der Waals surface area (Å²) in [6.45, 7) is 4.07. The van der Waals surface area contributed by atoms with Crippen molar-refractivity contribution in [3.8, 4) is 0 Å². The lowest BCUT2D eigenvalue weighted by Crippen LogP contribution is -2.38. The van der Waals surface area contributed by atoms with Gasteiger partial charge < -0.3 is 16.0 Å². The van der Waals surface area contributed by atoms with Gasteiger partial charge in [-0.3, -0.25) is 9.20 Å². The minimum Gasteiger partial charge on any atom is -0.357 e. The second-order valence-corrected chi connectivity index (χ2v) is 6.85. The fourth-order valence-corrected chi connectivity index (χ4v) is 3.41. The number of thiazole rings is 1. The van der Waals surface area contributed by atoms with Crippen LogP contribution >= 0.6 is 35.3 Å². The molecule has 28 heavy (non-hydrogen) atoms. The Balaban J connectivity index is 0.00000280. The molecule has 3 N–H and O–H groups in total. The Kier molecular flexibility index (Phi) is 8.71. The summed E-state index contributed by atoms with van der Waals surface area (Å²) in [5, 5.41) is 11.2. The van der Waals surface area contributed by atoms with E-state index in [1.54, 1.807) is 18.4 Å². The summed E-state index contributed by atoms with van der Waals surface area (Å²) in [5.41, 5.74) is 2.72. The van der Waals surface area contributed by atoms with E-state index >= 15 is 0 Å². The molecule has 0 aliphatic rings. The smallest absolute Gasteiger partial charge is 0.251 e.